The average molecular weight is 234 g/mol. The highest BCUT2D eigenvalue weighted by molar-refractivity contribution is 6.30. The predicted octanol–water partition coefficient (Wildman–Crippen LogP) is 2.09. The van der Waals surface area contributed by atoms with Crippen LogP contribution in [0.4, 0.5) is 0 Å². The van der Waals surface area contributed by atoms with Crippen LogP contribution in [0.2, 0.25) is 5.02 Å². The fourth-order valence-electron chi connectivity index (χ4n) is 2.70. The van der Waals surface area contributed by atoms with E-state index in [0.717, 1.165) is 24.9 Å². The first-order chi connectivity index (χ1) is 7.75. The fourth-order valence-corrected chi connectivity index (χ4v) is 2.89. The lowest BCUT2D eigenvalue weighted by molar-refractivity contribution is 0.495. The Bertz CT molecular complexity index is 462. The van der Waals surface area contributed by atoms with Crippen LogP contribution < -0.4 is 5.32 Å². The quantitative estimate of drug-likeness (QED) is 0.808. The van der Waals surface area contributed by atoms with Crippen LogP contribution in [-0.4, -0.2) is 17.1 Å². The molecule has 82 valence electrons. The van der Waals surface area contributed by atoms with Gasteiger partial charge in [-0.05, 0) is 24.5 Å². The van der Waals surface area contributed by atoms with Gasteiger partial charge in [0, 0.05) is 30.4 Å². The van der Waals surface area contributed by atoms with Gasteiger partial charge in [0.05, 0.1) is 17.0 Å². The van der Waals surface area contributed by atoms with E-state index in [0.29, 0.717) is 5.02 Å². The van der Waals surface area contributed by atoms with Crippen molar-refractivity contribution in [3.05, 3.63) is 29.0 Å². The summed E-state index contributed by atoms with van der Waals surface area (Å²) in [4.78, 5) is 4.10. The van der Waals surface area contributed by atoms with E-state index in [1.54, 1.807) is 6.20 Å². The molecule has 0 amide bonds. The first kappa shape index (κ1) is 10.1. The number of nitriles is 1. The number of halogens is 1. The van der Waals surface area contributed by atoms with Crippen molar-refractivity contribution < 1.29 is 0 Å². The first-order valence-electron chi connectivity index (χ1n) is 5.50. The molecule has 0 radical (unpaired) electrons. The Morgan fingerprint density at radius 1 is 1.50 bits per heavy atom. The minimum absolute atomic E-state index is 0.0627. The lowest BCUT2D eigenvalue weighted by Gasteiger charge is -2.16. The van der Waals surface area contributed by atoms with Gasteiger partial charge in [0.15, 0.2) is 0 Å². The van der Waals surface area contributed by atoms with E-state index in [-0.39, 0.29) is 17.4 Å². The number of hydrogen-bond acceptors (Lipinski definition) is 3. The zero-order valence-corrected chi connectivity index (χ0v) is 9.54. The molecule has 2 atom stereocenters. The Balaban J connectivity index is 1.94. The van der Waals surface area contributed by atoms with Gasteiger partial charge in [0.25, 0.3) is 0 Å². The van der Waals surface area contributed by atoms with Crippen molar-refractivity contribution in [3.8, 4) is 6.07 Å². The van der Waals surface area contributed by atoms with E-state index in [1.165, 1.54) is 0 Å². The maximum absolute atomic E-state index is 9.30. The summed E-state index contributed by atoms with van der Waals surface area (Å²) in [5, 5.41) is 13.4. The van der Waals surface area contributed by atoms with Crippen molar-refractivity contribution in [2.45, 2.75) is 24.3 Å². The van der Waals surface area contributed by atoms with E-state index >= 15 is 0 Å². The Morgan fingerprint density at radius 3 is 2.94 bits per heavy atom. The summed E-state index contributed by atoms with van der Waals surface area (Å²) < 4.78 is 0. The van der Waals surface area contributed by atoms with Gasteiger partial charge in [0.1, 0.15) is 0 Å². The summed E-state index contributed by atoms with van der Waals surface area (Å²) in [5.41, 5.74) is 1.18. The summed E-state index contributed by atoms with van der Waals surface area (Å²) >= 11 is 5.94. The number of hydrogen-bond donors (Lipinski definition) is 1. The third kappa shape index (κ3) is 1.41. The van der Waals surface area contributed by atoms with Crippen LogP contribution in [0.25, 0.3) is 0 Å². The van der Waals surface area contributed by atoms with Crippen molar-refractivity contribution in [2.24, 2.45) is 5.92 Å². The van der Waals surface area contributed by atoms with Gasteiger partial charge >= 0.3 is 0 Å². The molecule has 2 heterocycles. The largest absolute Gasteiger partial charge is 0.309 e. The van der Waals surface area contributed by atoms with Crippen molar-refractivity contribution in [1.82, 2.24) is 10.3 Å². The number of rotatable bonds is 1. The second kappa shape index (κ2) is 3.44. The Morgan fingerprint density at radius 2 is 2.31 bits per heavy atom. The summed E-state index contributed by atoms with van der Waals surface area (Å²) in [6.45, 7) is 0.861. The molecule has 1 aliphatic carbocycles. The molecule has 1 aromatic rings. The Hall–Kier alpha value is -1.11. The maximum atomic E-state index is 9.30. The zero-order valence-electron chi connectivity index (χ0n) is 8.78. The highest BCUT2D eigenvalue weighted by atomic mass is 35.5. The molecule has 16 heavy (non-hydrogen) atoms. The van der Waals surface area contributed by atoms with Gasteiger partial charge < -0.3 is 5.32 Å². The summed E-state index contributed by atoms with van der Waals surface area (Å²) in [6, 6.07) is 4.37. The summed E-state index contributed by atoms with van der Waals surface area (Å²) in [5.74, 6) is 0.298. The van der Waals surface area contributed by atoms with Crippen LogP contribution >= 0.6 is 11.6 Å². The maximum Gasteiger partial charge on any atom is 0.0726 e. The monoisotopic (exact) mass is 233 g/mol. The third-order valence-electron chi connectivity index (χ3n) is 3.75. The van der Waals surface area contributed by atoms with E-state index < -0.39 is 0 Å². The van der Waals surface area contributed by atoms with Crippen LogP contribution in [0.5, 0.6) is 0 Å². The molecule has 0 bridgehead atoms. The molecule has 1 aromatic heterocycles. The van der Waals surface area contributed by atoms with Crippen molar-refractivity contribution in [2.75, 3.05) is 6.54 Å². The smallest absolute Gasteiger partial charge is 0.0726 e. The van der Waals surface area contributed by atoms with Crippen LogP contribution in [0, 0.1) is 17.2 Å². The van der Waals surface area contributed by atoms with Gasteiger partial charge in [-0.1, -0.05) is 11.6 Å². The number of pyridine rings is 1. The molecule has 0 aromatic carbocycles. The SMILES string of the molecule is N#C[C@@H]1C(c2cncc(Cl)c2)CNC12CC2. The highest BCUT2D eigenvalue weighted by Crippen LogP contribution is 2.51. The molecule has 1 unspecified atom stereocenters. The molecule has 2 aliphatic rings. The standard InChI is InChI=1S/C12H12ClN3/c13-9-3-8(5-15-6-9)10-7-16-12(1-2-12)11(10)4-14/h3,5-6,10-11,16H,1-2,7H2/t10?,11-/m1/s1. The minimum Gasteiger partial charge on any atom is -0.309 e. The molecular weight excluding hydrogens is 222 g/mol. The van der Waals surface area contributed by atoms with Crippen LogP contribution in [0.1, 0.15) is 24.3 Å². The minimum atomic E-state index is 0.0627. The van der Waals surface area contributed by atoms with Gasteiger partial charge in [-0.2, -0.15) is 5.26 Å². The van der Waals surface area contributed by atoms with Gasteiger partial charge in [-0.15, -0.1) is 0 Å². The molecule has 1 aliphatic heterocycles. The van der Waals surface area contributed by atoms with E-state index in [1.807, 2.05) is 12.3 Å². The molecule has 4 heteroatoms. The number of nitrogens with one attached hydrogen (secondary N) is 1. The molecular formula is C12H12ClN3. The van der Waals surface area contributed by atoms with Crippen molar-refractivity contribution in [3.63, 3.8) is 0 Å². The third-order valence-corrected chi connectivity index (χ3v) is 3.96. The summed E-state index contributed by atoms with van der Waals surface area (Å²) in [6.07, 6.45) is 5.69. The molecule has 1 saturated carbocycles. The van der Waals surface area contributed by atoms with E-state index in [9.17, 15) is 5.26 Å². The second-order valence-electron chi connectivity index (χ2n) is 4.69. The lowest BCUT2D eigenvalue weighted by atomic mass is 9.86. The van der Waals surface area contributed by atoms with E-state index in [2.05, 4.69) is 16.4 Å². The topological polar surface area (TPSA) is 48.7 Å². The average Bonchev–Trinajstić information content (AvgIpc) is 2.93. The van der Waals surface area contributed by atoms with Crippen molar-refractivity contribution >= 4 is 11.6 Å². The number of nitrogens with zero attached hydrogens (tertiary/aromatic N) is 2. The molecule has 3 nitrogen and oxygen atoms in total. The van der Waals surface area contributed by atoms with E-state index in [4.69, 9.17) is 11.6 Å². The molecule has 1 N–H and O–H groups in total. The number of aromatic nitrogens is 1. The first-order valence-corrected chi connectivity index (χ1v) is 5.88. The fraction of sp³-hybridized carbons (Fsp3) is 0.500. The molecule has 3 rings (SSSR count). The molecule has 1 spiro atoms. The normalized spacial score (nSPS) is 30.2. The van der Waals surface area contributed by atoms with Crippen LogP contribution in [0.15, 0.2) is 18.5 Å². The Labute approximate surface area is 99.4 Å². The van der Waals surface area contributed by atoms with Crippen LogP contribution in [-0.2, 0) is 0 Å². The van der Waals surface area contributed by atoms with Gasteiger partial charge in [-0.25, -0.2) is 0 Å². The molecule has 1 saturated heterocycles. The van der Waals surface area contributed by atoms with Gasteiger partial charge in [-0.3, -0.25) is 4.98 Å². The molecule has 2 fully saturated rings. The van der Waals surface area contributed by atoms with Gasteiger partial charge in [0.2, 0.25) is 0 Å². The zero-order chi connectivity index (χ0) is 11.2. The van der Waals surface area contributed by atoms with Crippen LogP contribution in [0.3, 0.4) is 0 Å². The van der Waals surface area contributed by atoms with Crippen molar-refractivity contribution in [1.29, 1.82) is 5.26 Å². The summed E-state index contributed by atoms with van der Waals surface area (Å²) in [7, 11) is 0. The Kier molecular flexibility index (Phi) is 2.17. The predicted molar refractivity (Wildman–Crippen MR) is 61.1 cm³/mol. The lowest BCUT2D eigenvalue weighted by Crippen LogP contribution is -2.28. The second-order valence-corrected chi connectivity index (χ2v) is 5.12. The highest BCUT2D eigenvalue weighted by Gasteiger charge is 2.56.